The first-order valence-electron chi connectivity index (χ1n) is 9.47. The van der Waals surface area contributed by atoms with Gasteiger partial charge in [0.05, 0.1) is 11.1 Å². The van der Waals surface area contributed by atoms with Crippen LogP contribution in [0, 0.1) is 6.92 Å². The van der Waals surface area contributed by atoms with Crippen LogP contribution < -0.4 is 4.74 Å². The summed E-state index contributed by atoms with van der Waals surface area (Å²) in [4.78, 5) is 3.92. The number of rotatable bonds is 2. The van der Waals surface area contributed by atoms with Crippen molar-refractivity contribution < 1.29 is 17.9 Å². The van der Waals surface area contributed by atoms with Crippen molar-refractivity contribution in [3.63, 3.8) is 0 Å². The first-order chi connectivity index (χ1) is 14.4. The molecule has 1 aromatic heterocycles. The Labute approximate surface area is 171 Å². The Morgan fingerprint density at radius 1 is 0.867 bits per heavy atom. The lowest BCUT2D eigenvalue weighted by molar-refractivity contribution is -0.253. The maximum Gasteiger partial charge on any atom is 0.455 e. The normalized spacial score (nSPS) is 18.3. The Hall–Kier alpha value is -3.54. The lowest BCUT2D eigenvalue weighted by atomic mass is 10.00. The number of aliphatic imine (C=N–C) groups is 1. The number of fused-ring (bicyclic) bond motifs is 3. The number of aryl methyl sites for hydroxylation is 1. The van der Waals surface area contributed by atoms with Gasteiger partial charge in [0.15, 0.2) is 0 Å². The second-order valence-electron chi connectivity index (χ2n) is 7.29. The fourth-order valence-electron chi connectivity index (χ4n) is 3.85. The molecule has 0 fully saturated rings. The van der Waals surface area contributed by atoms with Gasteiger partial charge < -0.3 is 4.74 Å². The molecule has 0 saturated carbocycles. The Kier molecular flexibility index (Phi) is 4.00. The second kappa shape index (κ2) is 6.49. The number of ether oxygens (including phenoxy) is 1. The highest BCUT2D eigenvalue weighted by atomic mass is 19.4. The van der Waals surface area contributed by atoms with Crippen molar-refractivity contribution in [2.75, 3.05) is 0 Å². The smallest absolute Gasteiger partial charge is 0.436 e. The summed E-state index contributed by atoms with van der Waals surface area (Å²) in [6, 6.07) is 22.8. The van der Waals surface area contributed by atoms with E-state index in [1.54, 1.807) is 16.7 Å². The Balaban J connectivity index is 1.80. The van der Waals surface area contributed by atoms with Gasteiger partial charge in [0, 0.05) is 10.9 Å². The number of para-hydroxylation sites is 1. The van der Waals surface area contributed by atoms with Gasteiger partial charge in [-0.3, -0.25) is 4.57 Å². The molecule has 5 rings (SSSR count). The fraction of sp³-hybridized carbons (Fsp3) is 0.125. The van der Waals surface area contributed by atoms with E-state index in [4.69, 9.17) is 4.74 Å². The van der Waals surface area contributed by atoms with Crippen molar-refractivity contribution in [3.8, 4) is 17.0 Å². The van der Waals surface area contributed by atoms with Crippen LogP contribution >= 0.6 is 0 Å². The summed E-state index contributed by atoms with van der Waals surface area (Å²) in [5.74, 6) is 0.121. The van der Waals surface area contributed by atoms with Crippen molar-refractivity contribution in [1.29, 1.82) is 0 Å². The third-order valence-electron chi connectivity index (χ3n) is 5.35. The summed E-state index contributed by atoms with van der Waals surface area (Å²) in [6.45, 7) is 1.82. The maximum atomic E-state index is 14.4. The van der Waals surface area contributed by atoms with Crippen molar-refractivity contribution in [2.45, 2.75) is 18.8 Å². The van der Waals surface area contributed by atoms with Gasteiger partial charge in [0.1, 0.15) is 6.34 Å². The molecule has 0 spiro atoms. The lowest BCUT2D eigenvalue weighted by Crippen LogP contribution is -2.48. The molecule has 0 bridgehead atoms. The van der Waals surface area contributed by atoms with E-state index in [0.717, 1.165) is 22.0 Å². The number of halogens is 3. The molecule has 1 aliphatic rings. The van der Waals surface area contributed by atoms with Crippen LogP contribution in [0.15, 0.2) is 83.9 Å². The maximum absolute atomic E-state index is 14.4. The van der Waals surface area contributed by atoms with Crippen LogP contribution in [0.25, 0.3) is 22.0 Å². The van der Waals surface area contributed by atoms with Gasteiger partial charge in [0.25, 0.3) is 0 Å². The quantitative estimate of drug-likeness (QED) is 0.384. The van der Waals surface area contributed by atoms with Crippen molar-refractivity contribution >= 4 is 17.2 Å². The minimum atomic E-state index is -4.76. The highest BCUT2D eigenvalue weighted by molar-refractivity contribution is 6.03. The van der Waals surface area contributed by atoms with Crippen molar-refractivity contribution in [3.05, 3.63) is 90.0 Å². The van der Waals surface area contributed by atoms with Crippen LogP contribution in [0.1, 0.15) is 11.1 Å². The molecular weight excluding hydrogens is 389 g/mol. The Bertz CT molecular complexity index is 1260. The van der Waals surface area contributed by atoms with Crippen LogP contribution in [0.3, 0.4) is 0 Å². The Morgan fingerprint density at radius 3 is 2.23 bits per heavy atom. The van der Waals surface area contributed by atoms with E-state index >= 15 is 0 Å². The van der Waals surface area contributed by atoms with E-state index in [9.17, 15) is 13.2 Å². The molecule has 30 heavy (non-hydrogen) atoms. The van der Waals surface area contributed by atoms with E-state index in [1.807, 2.05) is 61.5 Å². The van der Waals surface area contributed by atoms with Crippen LogP contribution in [-0.2, 0) is 5.72 Å². The molecular formula is C24H17F3N2O. The average Bonchev–Trinajstić information content (AvgIpc) is 3.07. The predicted molar refractivity (Wildman–Crippen MR) is 111 cm³/mol. The molecule has 0 saturated heterocycles. The molecule has 150 valence electrons. The average molecular weight is 406 g/mol. The van der Waals surface area contributed by atoms with E-state index < -0.39 is 11.9 Å². The van der Waals surface area contributed by atoms with Gasteiger partial charge in [-0.15, -0.1) is 0 Å². The second-order valence-corrected chi connectivity index (χ2v) is 7.29. The molecule has 3 nitrogen and oxygen atoms in total. The first kappa shape index (κ1) is 18.5. The molecule has 0 amide bonds. The molecule has 6 heteroatoms. The molecule has 1 atom stereocenters. The molecule has 0 radical (unpaired) electrons. The molecule has 1 aliphatic heterocycles. The van der Waals surface area contributed by atoms with Gasteiger partial charge in [-0.1, -0.05) is 78.4 Å². The minimum Gasteiger partial charge on any atom is -0.436 e. The van der Waals surface area contributed by atoms with Gasteiger partial charge in [-0.2, -0.15) is 13.2 Å². The molecule has 1 unspecified atom stereocenters. The standard InChI is InChI=1S/C24H17F3N2O/c1-16-11-13-18(14-12-16)23(24(25,26)27)28-15-29-20-10-6-5-9-19(20)21(22(29)30-23)17-7-3-2-4-8-17/h2-15H,1H3. The van der Waals surface area contributed by atoms with Gasteiger partial charge >= 0.3 is 11.9 Å². The third-order valence-corrected chi connectivity index (χ3v) is 5.35. The van der Waals surface area contributed by atoms with Crippen molar-refractivity contribution in [1.82, 2.24) is 4.57 Å². The highest BCUT2D eigenvalue weighted by Gasteiger charge is 2.61. The summed E-state index contributed by atoms with van der Waals surface area (Å²) >= 11 is 0. The number of alkyl halides is 3. The number of aromatic nitrogens is 1. The predicted octanol–water partition coefficient (Wildman–Crippen LogP) is 6.30. The van der Waals surface area contributed by atoms with Gasteiger partial charge in [0.2, 0.25) is 5.88 Å². The zero-order chi connectivity index (χ0) is 20.9. The van der Waals surface area contributed by atoms with Crippen molar-refractivity contribution in [2.24, 2.45) is 4.99 Å². The van der Waals surface area contributed by atoms with Crippen LogP contribution in [0.4, 0.5) is 13.2 Å². The summed E-state index contributed by atoms with van der Waals surface area (Å²) < 4.78 is 50.7. The molecule has 0 aliphatic carbocycles. The molecule has 4 aromatic rings. The largest absolute Gasteiger partial charge is 0.455 e. The van der Waals surface area contributed by atoms with Crippen LogP contribution in [0.5, 0.6) is 5.88 Å². The summed E-state index contributed by atoms with van der Waals surface area (Å²) in [5, 5.41) is 0.798. The first-order valence-corrected chi connectivity index (χ1v) is 9.47. The number of benzene rings is 3. The number of hydrogen-bond donors (Lipinski definition) is 0. The van der Waals surface area contributed by atoms with E-state index in [-0.39, 0.29) is 11.4 Å². The number of nitrogens with zero attached hydrogens (tertiary/aromatic N) is 2. The fourth-order valence-corrected chi connectivity index (χ4v) is 3.85. The van der Waals surface area contributed by atoms with E-state index in [1.165, 1.54) is 18.5 Å². The molecule has 2 heterocycles. The summed E-state index contributed by atoms with van der Waals surface area (Å²) in [6.07, 6.45) is -3.53. The topological polar surface area (TPSA) is 26.5 Å². The summed E-state index contributed by atoms with van der Waals surface area (Å²) in [5.41, 5.74) is 0.0992. The van der Waals surface area contributed by atoms with Gasteiger partial charge in [-0.05, 0) is 18.6 Å². The molecule has 3 aromatic carbocycles. The van der Waals surface area contributed by atoms with Crippen LogP contribution in [0.2, 0.25) is 0 Å². The Morgan fingerprint density at radius 2 is 1.53 bits per heavy atom. The monoisotopic (exact) mass is 406 g/mol. The minimum absolute atomic E-state index is 0.0626. The van der Waals surface area contributed by atoms with Gasteiger partial charge in [-0.25, -0.2) is 4.99 Å². The lowest BCUT2D eigenvalue weighted by Gasteiger charge is -2.35. The van der Waals surface area contributed by atoms with E-state index in [2.05, 4.69) is 4.99 Å². The number of hydrogen-bond acceptors (Lipinski definition) is 2. The summed E-state index contributed by atoms with van der Waals surface area (Å²) in [7, 11) is 0. The SMILES string of the molecule is Cc1ccc(C2(C(F)(F)F)N=Cn3c(c(-c4ccccc4)c4ccccc43)O2)cc1. The van der Waals surface area contributed by atoms with Crippen LogP contribution in [-0.4, -0.2) is 17.1 Å². The van der Waals surface area contributed by atoms with E-state index in [0.29, 0.717) is 5.56 Å². The highest BCUT2D eigenvalue weighted by Crippen LogP contribution is 2.50. The zero-order valence-electron chi connectivity index (χ0n) is 16.0. The third kappa shape index (κ3) is 2.64. The zero-order valence-corrected chi connectivity index (χ0v) is 16.0. The molecule has 0 N–H and O–H groups in total.